The van der Waals surface area contributed by atoms with Gasteiger partial charge in [-0.2, -0.15) is 0 Å². The summed E-state index contributed by atoms with van der Waals surface area (Å²) in [6.45, 7) is 5.86. The molecule has 182 valence electrons. The van der Waals surface area contributed by atoms with Crippen molar-refractivity contribution in [3.05, 3.63) is 99.2 Å². The molecule has 0 spiro atoms. The van der Waals surface area contributed by atoms with Crippen LogP contribution < -0.4 is 16.6 Å². The molecule has 3 aromatic heterocycles. The zero-order valence-electron chi connectivity index (χ0n) is 20.1. The Morgan fingerprint density at radius 1 is 1.06 bits per heavy atom. The number of benzene rings is 2. The van der Waals surface area contributed by atoms with Gasteiger partial charge in [0.1, 0.15) is 5.56 Å². The second-order valence-electron chi connectivity index (χ2n) is 8.98. The first-order valence-electron chi connectivity index (χ1n) is 11.6. The number of hydrogen-bond acceptors (Lipinski definition) is 5. The van der Waals surface area contributed by atoms with E-state index in [0.29, 0.717) is 32.8 Å². The first kappa shape index (κ1) is 23.6. The van der Waals surface area contributed by atoms with E-state index in [4.69, 9.17) is 17.3 Å². The molecule has 9 heteroatoms. The Morgan fingerprint density at radius 3 is 2.53 bits per heavy atom. The van der Waals surface area contributed by atoms with Crippen molar-refractivity contribution in [3.63, 3.8) is 0 Å². The first-order valence-corrected chi connectivity index (χ1v) is 12.0. The van der Waals surface area contributed by atoms with Crippen LogP contribution >= 0.6 is 11.6 Å². The number of pyridine rings is 1. The predicted molar refractivity (Wildman–Crippen MR) is 142 cm³/mol. The van der Waals surface area contributed by atoms with Crippen molar-refractivity contribution in [1.82, 2.24) is 24.5 Å². The largest absolute Gasteiger partial charge is 0.381 e. The van der Waals surface area contributed by atoms with Crippen LogP contribution in [0.25, 0.3) is 22.1 Å². The van der Waals surface area contributed by atoms with E-state index in [0.717, 1.165) is 5.69 Å². The summed E-state index contributed by atoms with van der Waals surface area (Å²) < 4.78 is 3.08. The highest BCUT2D eigenvalue weighted by Gasteiger charge is 2.24. The number of nitrogen functional groups attached to an aromatic ring is 1. The number of anilines is 1. The Hall–Kier alpha value is -4.17. The molecule has 0 aliphatic carbocycles. The predicted octanol–water partition coefficient (Wildman–Crippen LogP) is 4.88. The molecule has 3 heterocycles. The maximum absolute atomic E-state index is 13.6. The van der Waals surface area contributed by atoms with Gasteiger partial charge in [0.25, 0.3) is 11.5 Å². The number of nitrogens with one attached hydrogen (secondary N) is 1. The van der Waals surface area contributed by atoms with E-state index in [1.54, 1.807) is 22.9 Å². The quantitative estimate of drug-likeness (QED) is 0.357. The minimum absolute atomic E-state index is 0.0823. The minimum atomic E-state index is -0.559. The fourth-order valence-corrected chi connectivity index (χ4v) is 4.61. The molecule has 0 saturated carbocycles. The van der Waals surface area contributed by atoms with Crippen molar-refractivity contribution in [2.45, 2.75) is 32.7 Å². The standard InChI is InChI=1S/C27H25ClN6O2/c1-15(2)20-12-13-33-25(31-20)23(24(29)32-33)26(35)30-16(3)21-14-17-8-7-11-19(28)22(17)27(36)34(21)18-9-5-4-6-10-18/h4-16H,1-3H3,(H2,29,32)(H,30,35)/t16-/m0/s1. The van der Waals surface area contributed by atoms with Gasteiger partial charge in [-0.3, -0.25) is 14.2 Å². The van der Waals surface area contributed by atoms with Crippen LogP contribution in [0.15, 0.2) is 71.7 Å². The molecule has 0 radical (unpaired) electrons. The van der Waals surface area contributed by atoms with Gasteiger partial charge in [-0.05, 0) is 48.6 Å². The topological polar surface area (TPSA) is 107 Å². The third-order valence-electron chi connectivity index (χ3n) is 6.18. The second-order valence-corrected chi connectivity index (χ2v) is 9.39. The molecule has 8 nitrogen and oxygen atoms in total. The van der Waals surface area contributed by atoms with Crippen LogP contribution in [0, 0.1) is 0 Å². The van der Waals surface area contributed by atoms with Crippen LogP contribution in [0.3, 0.4) is 0 Å². The van der Waals surface area contributed by atoms with Crippen LogP contribution in [0.1, 0.15) is 54.5 Å². The molecular weight excluding hydrogens is 476 g/mol. The van der Waals surface area contributed by atoms with Gasteiger partial charge in [-0.15, -0.1) is 5.10 Å². The number of fused-ring (bicyclic) bond motifs is 2. The van der Waals surface area contributed by atoms with E-state index < -0.39 is 11.9 Å². The molecule has 5 rings (SSSR count). The summed E-state index contributed by atoms with van der Waals surface area (Å²) in [4.78, 5) is 31.7. The number of halogens is 1. The Kier molecular flexibility index (Phi) is 5.97. The molecule has 5 aromatic rings. The summed E-state index contributed by atoms with van der Waals surface area (Å²) >= 11 is 6.40. The molecule has 0 aliphatic rings. The summed E-state index contributed by atoms with van der Waals surface area (Å²) in [5.41, 5.74) is 8.53. The molecule has 0 fully saturated rings. The van der Waals surface area contributed by atoms with Crippen LogP contribution in [0.4, 0.5) is 5.82 Å². The number of nitrogens with two attached hydrogens (primary N) is 1. The lowest BCUT2D eigenvalue weighted by Gasteiger charge is -2.21. The highest BCUT2D eigenvalue weighted by Crippen LogP contribution is 2.26. The summed E-state index contributed by atoms with van der Waals surface area (Å²) in [6, 6.07) is 17.7. The van der Waals surface area contributed by atoms with E-state index in [-0.39, 0.29) is 22.9 Å². The van der Waals surface area contributed by atoms with Crippen LogP contribution in [0.2, 0.25) is 5.02 Å². The number of hydrogen-bond donors (Lipinski definition) is 2. The lowest BCUT2D eigenvalue weighted by molar-refractivity contribution is 0.0941. The molecule has 1 atom stereocenters. The number of carbonyl (C=O) groups excluding carboxylic acids is 1. The Balaban J connectivity index is 1.62. The summed E-state index contributed by atoms with van der Waals surface area (Å²) in [5.74, 6) is -0.175. The van der Waals surface area contributed by atoms with Crippen molar-refractivity contribution < 1.29 is 4.79 Å². The average Bonchev–Trinajstić information content (AvgIpc) is 3.19. The molecular formula is C27H25ClN6O2. The van der Waals surface area contributed by atoms with Gasteiger partial charge in [0.15, 0.2) is 11.5 Å². The number of para-hydroxylation sites is 1. The lowest BCUT2D eigenvalue weighted by Crippen LogP contribution is -2.32. The number of rotatable bonds is 5. The number of amides is 1. The molecule has 0 saturated heterocycles. The molecule has 0 aliphatic heterocycles. The monoisotopic (exact) mass is 500 g/mol. The molecule has 0 unspecified atom stereocenters. The highest BCUT2D eigenvalue weighted by molar-refractivity contribution is 6.35. The smallest absolute Gasteiger partial charge is 0.264 e. The maximum atomic E-state index is 13.6. The molecule has 1 amide bonds. The molecule has 36 heavy (non-hydrogen) atoms. The SMILES string of the molecule is CC(C)c1ccn2nc(N)c(C(=O)N[C@@H](C)c3cc4cccc(Cl)c4c(=O)n3-c3ccccc3)c2n1. The van der Waals surface area contributed by atoms with E-state index in [1.165, 1.54) is 4.52 Å². The molecule has 2 aromatic carbocycles. The van der Waals surface area contributed by atoms with Crippen molar-refractivity contribution in [1.29, 1.82) is 0 Å². The molecule has 3 N–H and O–H groups in total. The zero-order chi connectivity index (χ0) is 25.6. The summed E-state index contributed by atoms with van der Waals surface area (Å²) in [5, 5.41) is 8.72. The van der Waals surface area contributed by atoms with E-state index >= 15 is 0 Å². The van der Waals surface area contributed by atoms with E-state index in [1.807, 2.05) is 69.3 Å². The number of nitrogens with zero attached hydrogens (tertiary/aromatic N) is 4. The van der Waals surface area contributed by atoms with Crippen molar-refractivity contribution in [2.75, 3.05) is 5.73 Å². The fraction of sp³-hybridized carbons (Fsp3) is 0.185. The molecule has 0 bridgehead atoms. The average molecular weight is 501 g/mol. The number of aromatic nitrogens is 4. The second kappa shape index (κ2) is 9.13. The van der Waals surface area contributed by atoms with Crippen molar-refractivity contribution in [2.24, 2.45) is 0 Å². The normalized spacial score (nSPS) is 12.4. The van der Waals surface area contributed by atoms with Gasteiger partial charge in [0.05, 0.1) is 16.5 Å². The van der Waals surface area contributed by atoms with Gasteiger partial charge in [-0.1, -0.05) is 55.8 Å². The van der Waals surface area contributed by atoms with Crippen molar-refractivity contribution in [3.8, 4) is 5.69 Å². The zero-order valence-corrected chi connectivity index (χ0v) is 20.8. The first-order chi connectivity index (χ1) is 17.3. The third kappa shape index (κ3) is 3.99. The van der Waals surface area contributed by atoms with Gasteiger partial charge in [-0.25, -0.2) is 9.50 Å². The Morgan fingerprint density at radius 2 is 1.81 bits per heavy atom. The Labute approximate surface area is 212 Å². The van der Waals surface area contributed by atoms with Crippen molar-refractivity contribution >= 4 is 39.7 Å². The van der Waals surface area contributed by atoms with Gasteiger partial charge in [0.2, 0.25) is 0 Å². The summed E-state index contributed by atoms with van der Waals surface area (Å²) in [7, 11) is 0. The number of carbonyl (C=O) groups is 1. The van der Waals surface area contributed by atoms with Gasteiger partial charge < -0.3 is 11.1 Å². The van der Waals surface area contributed by atoms with E-state index in [9.17, 15) is 9.59 Å². The fourth-order valence-electron chi connectivity index (χ4n) is 4.34. The maximum Gasteiger partial charge on any atom is 0.264 e. The third-order valence-corrected chi connectivity index (χ3v) is 6.50. The Bertz CT molecular complexity index is 1670. The highest BCUT2D eigenvalue weighted by atomic mass is 35.5. The van der Waals surface area contributed by atoms with Crippen LogP contribution in [-0.4, -0.2) is 25.1 Å². The lowest BCUT2D eigenvalue weighted by atomic mass is 10.1. The van der Waals surface area contributed by atoms with Gasteiger partial charge in [0, 0.05) is 23.3 Å². The summed E-state index contributed by atoms with van der Waals surface area (Å²) in [6.07, 6.45) is 1.74. The van der Waals surface area contributed by atoms with E-state index in [2.05, 4.69) is 15.4 Å². The minimum Gasteiger partial charge on any atom is -0.381 e. The van der Waals surface area contributed by atoms with Gasteiger partial charge >= 0.3 is 0 Å². The van der Waals surface area contributed by atoms with Crippen LogP contribution in [-0.2, 0) is 0 Å². The van der Waals surface area contributed by atoms with Crippen LogP contribution in [0.5, 0.6) is 0 Å².